The first-order valence-electron chi connectivity index (χ1n) is 10.3. The summed E-state index contributed by atoms with van der Waals surface area (Å²) >= 11 is 0. The first-order valence-corrected chi connectivity index (χ1v) is 10.3. The van der Waals surface area contributed by atoms with Crippen LogP contribution in [-0.4, -0.2) is 41.2 Å². The van der Waals surface area contributed by atoms with Crippen LogP contribution in [0.25, 0.3) is 0 Å². The third kappa shape index (κ3) is 4.44. The molecule has 2 aliphatic heterocycles. The third-order valence-corrected chi connectivity index (χ3v) is 6.07. The molecule has 4 nitrogen and oxygen atoms in total. The minimum atomic E-state index is -0.179. The predicted molar refractivity (Wildman–Crippen MR) is 109 cm³/mol. The Kier molecular flexibility index (Phi) is 5.75. The second-order valence-electron chi connectivity index (χ2n) is 8.12. The average Bonchev–Trinajstić information content (AvgIpc) is 3.10. The predicted octanol–water partition coefficient (Wildman–Crippen LogP) is 3.52. The molecule has 146 valence electrons. The Morgan fingerprint density at radius 3 is 2.14 bits per heavy atom. The molecule has 28 heavy (non-hydrogen) atoms. The lowest BCUT2D eigenvalue weighted by Gasteiger charge is -2.33. The minimum Gasteiger partial charge on any atom is -0.342 e. The van der Waals surface area contributed by atoms with Crippen LogP contribution in [0.5, 0.6) is 0 Å². The van der Waals surface area contributed by atoms with Crippen molar-refractivity contribution in [3.8, 4) is 0 Å². The fourth-order valence-electron chi connectivity index (χ4n) is 4.46. The van der Waals surface area contributed by atoms with Crippen LogP contribution in [-0.2, 0) is 22.6 Å². The fourth-order valence-corrected chi connectivity index (χ4v) is 4.46. The van der Waals surface area contributed by atoms with Crippen LogP contribution in [0.2, 0.25) is 0 Å². The van der Waals surface area contributed by atoms with E-state index in [0.29, 0.717) is 25.4 Å². The van der Waals surface area contributed by atoms with Crippen molar-refractivity contribution >= 4 is 11.8 Å². The van der Waals surface area contributed by atoms with Gasteiger partial charge in [0.15, 0.2) is 0 Å². The van der Waals surface area contributed by atoms with E-state index in [1.54, 1.807) is 0 Å². The molecule has 2 aromatic rings. The minimum absolute atomic E-state index is 0.0983. The molecule has 2 heterocycles. The van der Waals surface area contributed by atoms with Crippen molar-refractivity contribution in [2.45, 2.75) is 32.2 Å². The summed E-state index contributed by atoms with van der Waals surface area (Å²) in [4.78, 5) is 29.2. The van der Waals surface area contributed by atoms with Crippen molar-refractivity contribution in [3.05, 3.63) is 71.8 Å². The highest BCUT2D eigenvalue weighted by molar-refractivity contribution is 5.89. The Labute approximate surface area is 167 Å². The zero-order valence-corrected chi connectivity index (χ0v) is 16.3. The topological polar surface area (TPSA) is 40.6 Å². The van der Waals surface area contributed by atoms with Crippen molar-refractivity contribution in [3.63, 3.8) is 0 Å². The lowest BCUT2D eigenvalue weighted by atomic mass is 9.89. The van der Waals surface area contributed by atoms with E-state index in [-0.39, 0.29) is 17.7 Å². The van der Waals surface area contributed by atoms with Crippen LogP contribution in [0.1, 0.15) is 30.4 Å². The maximum atomic E-state index is 13.0. The quantitative estimate of drug-likeness (QED) is 0.801. The summed E-state index contributed by atoms with van der Waals surface area (Å²) in [6, 6.07) is 20.6. The van der Waals surface area contributed by atoms with Crippen LogP contribution in [0.4, 0.5) is 0 Å². The van der Waals surface area contributed by atoms with Crippen molar-refractivity contribution in [2.75, 3.05) is 19.6 Å². The van der Waals surface area contributed by atoms with Gasteiger partial charge in [-0.2, -0.15) is 0 Å². The second-order valence-corrected chi connectivity index (χ2v) is 8.12. The van der Waals surface area contributed by atoms with Crippen LogP contribution >= 0.6 is 0 Å². The molecule has 0 spiro atoms. The maximum absolute atomic E-state index is 13.0. The molecule has 0 N–H and O–H groups in total. The first kappa shape index (κ1) is 18.7. The monoisotopic (exact) mass is 376 g/mol. The van der Waals surface area contributed by atoms with Gasteiger partial charge >= 0.3 is 0 Å². The highest BCUT2D eigenvalue weighted by atomic mass is 16.2. The molecule has 0 aliphatic carbocycles. The largest absolute Gasteiger partial charge is 0.342 e. The van der Waals surface area contributed by atoms with E-state index in [2.05, 4.69) is 30.3 Å². The summed E-state index contributed by atoms with van der Waals surface area (Å²) in [6.45, 7) is 2.79. The number of likely N-dealkylation sites (tertiary alicyclic amines) is 2. The zero-order chi connectivity index (χ0) is 19.3. The van der Waals surface area contributed by atoms with E-state index < -0.39 is 0 Å². The molecule has 4 rings (SSSR count). The molecule has 0 aromatic heterocycles. The van der Waals surface area contributed by atoms with Gasteiger partial charge in [0.05, 0.1) is 5.92 Å². The summed E-state index contributed by atoms with van der Waals surface area (Å²) in [5, 5.41) is 0. The summed E-state index contributed by atoms with van der Waals surface area (Å²) in [5.74, 6) is 0.733. The van der Waals surface area contributed by atoms with Gasteiger partial charge in [0.1, 0.15) is 0 Å². The number of amides is 2. The van der Waals surface area contributed by atoms with Gasteiger partial charge in [0, 0.05) is 32.6 Å². The van der Waals surface area contributed by atoms with E-state index in [9.17, 15) is 9.59 Å². The lowest BCUT2D eigenvalue weighted by Crippen LogP contribution is -2.42. The van der Waals surface area contributed by atoms with Gasteiger partial charge in [-0.3, -0.25) is 9.59 Å². The maximum Gasteiger partial charge on any atom is 0.227 e. The van der Waals surface area contributed by atoms with Gasteiger partial charge in [-0.1, -0.05) is 60.7 Å². The highest BCUT2D eigenvalue weighted by Crippen LogP contribution is 2.26. The number of hydrogen-bond acceptors (Lipinski definition) is 2. The molecule has 2 aliphatic rings. The van der Waals surface area contributed by atoms with E-state index in [1.165, 1.54) is 5.56 Å². The molecule has 1 atom stereocenters. The lowest BCUT2D eigenvalue weighted by molar-refractivity contribution is -0.137. The molecule has 0 radical (unpaired) electrons. The van der Waals surface area contributed by atoms with E-state index in [0.717, 1.165) is 37.9 Å². The van der Waals surface area contributed by atoms with E-state index >= 15 is 0 Å². The number of carbonyl (C=O) groups excluding carboxylic acids is 2. The summed E-state index contributed by atoms with van der Waals surface area (Å²) in [5.41, 5.74) is 2.50. The Morgan fingerprint density at radius 1 is 0.893 bits per heavy atom. The zero-order valence-electron chi connectivity index (χ0n) is 16.3. The number of nitrogens with zero attached hydrogens (tertiary/aromatic N) is 2. The molecule has 0 unspecified atom stereocenters. The van der Waals surface area contributed by atoms with Gasteiger partial charge in [-0.15, -0.1) is 0 Å². The molecular weight excluding hydrogens is 348 g/mol. The first-order chi connectivity index (χ1) is 13.7. The molecule has 2 saturated heterocycles. The van der Waals surface area contributed by atoms with E-state index in [4.69, 9.17) is 0 Å². The standard InChI is InChI=1S/C24H28N2O2/c27-23-16-22(18-26(23)17-21-9-5-2-6-10-21)24(28)25-13-11-20(12-14-25)15-19-7-3-1-4-8-19/h1-10,20,22H,11-18H2/t22-/m1/s1. The summed E-state index contributed by atoms with van der Waals surface area (Å²) in [6.07, 6.45) is 3.55. The van der Waals surface area contributed by atoms with Crippen molar-refractivity contribution in [1.29, 1.82) is 0 Å². The summed E-state index contributed by atoms with van der Waals surface area (Å²) in [7, 11) is 0. The Morgan fingerprint density at radius 2 is 1.50 bits per heavy atom. The molecule has 0 saturated carbocycles. The number of benzene rings is 2. The van der Waals surface area contributed by atoms with E-state index in [1.807, 2.05) is 40.1 Å². The van der Waals surface area contributed by atoms with Gasteiger partial charge in [0.2, 0.25) is 11.8 Å². The fraction of sp³-hybridized carbons (Fsp3) is 0.417. The molecular formula is C24H28N2O2. The van der Waals surface area contributed by atoms with Crippen LogP contribution in [0.15, 0.2) is 60.7 Å². The Hall–Kier alpha value is -2.62. The normalized spacial score (nSPS) is 20.6. The van der Waals surface area contributed by atoms with Gasteiger partial charge in [-0.05, 0) is 36.3 Å². The van der Waals surface area contributed by atoms with Crippen LogP contribution in [0.3, 0.4) is 0 Å². The smallest absolute Gasteiger partial charge is 0.227 e. The molecule has 0 bridgehead atoms. The number of carbonyl (C=O) groups is 2. The number of hydrogen-bond donors (Lipinski definition) is 0. The van der Waals surface area contributed by atoms with Crippen molar-refractivity contribution in [2.24, 2.45) is 11.8 Å². The number of piperidine rings is 1. The molecule has 2 fully saturated rings. The molecule has 2 amide bonds. The SMILES string of the molecule is O=C1C[C@@H](C(=O)N2CCC(Cc3ccccc3)CC2)CN1Cc1ccccc1. The third-order valence-electron chi connectivity index (χ3n) is 6.07. The highest BCUT2D eigenvalue weighted by Gasteiger charge is 2.37. The summed E-state index contributed by atoms with van der Waals surface area (Å²) < 4.78 is 0. The number of rotatable bonds is 5. The average molecular weight is 377 g/mol. The second kappa shape index (κ2) is 8.59. The van der Waals surface area contributed by atoms with Gasteiger partial charge in [0.25, 0.3) is 0 Å². The van der Waals surface area contributed by atoms with Crippen molar-refractivity contribution in [1.82, 2.24) is 9.80 Å². The van der Waals surface area contributed by atoms with Gasteiger partial charge < -0.3 is 9.80 Å². The Bertz CT molecular complexity index is 798. The molecule has 4 heteroatoms. The van der Waals surface area contributed by atoms with Crippen molar-refractivity contribution < 1.29 is 9.59 Å². The van der Waals surface area contributed by atoms with Gasteiger partial charge in [-0.25, -0.2) is 0 Å². The Balaban J connectivity index is 1.28. The molecule has 2 aromatic carbocycles. The van der Waals surface area contributed by atoms with Crippen LogP contribution < -0.4 is 0 Å². The van der Waals surface area contributed by atoms with Crippen LogP contribution in [0, 0.1) is 11.8 Å².